The molecule has 0 aliphatic carbocycles. The first-order valence-corrected chi connectivity index (χ1v) is 14.6. The topological polar surface area (TPSA) is 134 Å². The second kappa shape index (κ2) is 12.9. The summed E-state index contributed by atoms with van der Waals surface area (Å²) in [5.74, 6) is 1.02. The van der Waals surface area contributed by atoms with E-state index >= 15 is 0 Å². The van der Waals surface area contributed by atoms with Crippen LogP contribution in [0.3, 0.4) is 0 Å². The van der Waals surface area contributed by atoms with Gasteiger partial charge in [-0.3, -0.25) is 9.12 Å². The molecule has 16 heteroatoms. The number of fused-ring (bicyclic) bond motifs is 1. The van der Waals surface area contributed by atoms with Crippen LogP contribution in [0.5, 0.6) is 5.75 Å². The summed E-state index contributed by atoms with van der Waals surface area (Å²) in [5, 5.41) is 0. The third-order valence-electron chi connectivity index (χ3n) is 7.63. The number of likely N-dealkylation sites (N-methyl/N-ethyl adjacent to an activating group) is 1. The molecule has 0 spiro atoms. The highest BCUT2D eigenvalue weighted by molar-refractivity contribution is 7.77. The molecule has 0 bridgehead atoms. The maximum atomic E-state index is 14.3. The van der Waals surface area contributed by atoms with E-state index in [0.29, 0.717) is 74.6 Å². The first kappa shape index (κ1) is 29.4. The zero-order chi connectivity index (χ0) is 29.1. The highest BCUT2D eigenvalue weighted by atomic mass is 32.2. The number of para-hydroxylation sites is 1. The van der Waals surface area contributed by atoms with Gasteiger partial charge in [-0.15, -0.1) is 0 Å². The molecule has 2 unspecified atom stereocenters. The molecule has 2 atom stereocenters. The number of nitrogens with zero attached hydrogens (tertiary/aromatic N) is 8. The fourth-order valence-corrected chi connectivity index (χ4v) is 5.83. The maximum absolute atomic E-state index is 14.3. The average molecular weight is 596 g/mol. The van der Waals surface area contributed by atoms with E-state index in [1.807, 2.05) is 23.9 Å². The van der Waals surface area contributed by atoms with Crippen molar-refractivity contribution in [1.29, 1.82) is 0 Å². The molecule has 0 radical (unpaired) electrons. The summed E-state index contributed by atoms with van der Waals surface area (Å²) in [6, 6.07) is 5.14. The molecule has 2 N–H and O–H groups in total. The predicted molar refractivity (Wildman–Crippen MR) is 150 cm³/mol. The Bertz CT molecular complexity index is 1360. The lowest BCUT2D eigenvalue weighted by atomic mass is 9.89. The van der Waals surface area contributed by atoms with Crippen LogP contribution in [0.15, 0.2) is 18.2 Å². The number of halogens is 2. The molecular formula is C25H35F2N9O4S. The first-order chi connectivity index (χ1) is 19.8. The number of piperidine rings is 1. The Morgan fingerprint density at radius 1 is 1.07 bits per heavy atom. The van der Waals surface area contributed by atoms with E-state index in [-0.39, 0.29) is 17.9 Å². The van der Waals surface area contributed by atoms with Crippen molar-refractivity contribution >= 4 is 34.2 Å². The Hall–Kier alpha value is -3.05. The smallest absolute Gasteiger partial charge is 0.296 e. The van der Waals surface area contributed by atoms with Crippen molar-refractivity contribution in [3.05, 3.63) is 24.0 Å². The molecule has 3 aromatic rings. The van der Waals surface area contributed by atoms with Crippen molar-refractivity contribution in [2.75, 3.05) is 76.9 Å². The van der Waals surface area contributed by atoms with Gasteiger partial charge in [0.05, 0.1) is 25.8 Å². The van der Waals surface area contributed by atoms with E-state index in [4.69, 9.17) is 19.4 Å². The summed E-state index contributed by atoms with van der Waals surface area (Å²) in [7, 11) is 5.38. The molecular weight excluding hydrogens is 560 g/mol. The van der Waals surface area contributed by atoms with Crippen molar-refractivity contribution in [2.24, 2.45) is 5.92 Å². The predicted octanol–water partition coefficient (Wildman–Crippen LogP) is 1.87. The zero-order valence-corrected chi connectivity index (χ0v) is 24.1. The minimum atomic E-state index is -2.88. The number of imidazole rings is 1. The van der Waals surface area contributed by atoms with E-state index < -0.39 is 23.5 Å². The van der Waals surface area contributed by atoms with Gasteiger partial charge >= 0.3 is 0 Å². The molecule has 2 aromatic heterocycles. The largest absolute Gasteiger partial charge is 0.494 e. The van der Waals surface area contributed by atoms with Crippen LogP contribution in [0.4, 0.5) is 20.7 Å². The summed E-state index contributed by atoms with van der Waals surface area (Å²) in [5.41, 5.74) is 0.708. The van der Waals surface area contributed by atoms with Crippen LogP contribution in [-0.2, 0) is 16.0 Å². The lowest BCUT2D eigenvalue weighted by molar-refractivity contribution is 0.122. The Morgan fingerprint density at radius 2 is 1.71 bits per heavy atom. The van der Waals surface area contributed by atoms with Gasteiger partial charge in [-0.05, 0) is 45.0 Å². The summed E-state index contributed by atoms with van der Waals surface area (Å²) >= 11 is -2.08. The van der Waals surface area contributed by atoms with Crippen molar-refractivity contribution in [3.63, 3.8) is 0 Å². The van der Waals surface area contributed by atoms with E-state index in [1.165, 1.54) is 11.7 Å². The minimum absolute atomic E-state index is 0.0606. The third kappa shape index (κ3) is 6.40. The number of anilines is 2. The van der Waals surface area contributed by atoms with Gasteiger partial charge in [0.15, 0.2) is 5.82 Å². The molecule has 2 aliphatic rings. The average Bonchev–Trinajstić information content (AvgIpc) is 3.38. The molecule has 5 rings (SSSR count). The maximum Gasteiger partial charge on any atom is 0.296 e. The molecule has 41 heavy (non-hydrogen) atoms. The van der Waals surface area contributed by atoms with Gasteiger partial charge in [0.25, 0.3) is 6.43 Å². The Kier molecular flexibility index (Phi) is 9.23. The van der Waals surface area contributed by atoms with Gasteiger partial charge in [-0.1, -0.05) is 6.07 Å². The van der Waals surface area contributed by atoms with E-state index in [1.54, 1.807) is 18.2 Å². The Balaban J connectivity index is 1.51. The fraction of sp³-hybridized carbons (Fsp3) is 0.600. The number of morpholine rings is 1. The molecule has 0 saturated carbocycles. The normalized spacial score (nSPS) is 18.4. The number of aromatic nitrogens is 5. The quantitative estimate of drug-likeness (QED) is 0.333. The molecule has 224 valence electrons. The third-order valence-corrected chi connectivity index (χ3v) is 8.04. The molecule has 2 aliphatic heterocycles. The summed E-state index contributed by atoms with van der Waals surface area (Å²) < 4.78 is 63.8. The van der Waals surface area contributed by atoms with E-state index in [9.17, 15) is 17.5 Å². The van der Waals surface area contributed by atoms with Gasteiger partial charge in [0.2, 0.25) is 29.1 Å². The van der Waals surface area contributed by atoms with Crippen molar-refractivity contribution in [1.82, 2.24) is 34.1 Å². The van der Waals surface area contributed by atoms with Crippen LogP contribution in [-0.4, -0.2) is 111 Å². The van der Waals surface area contributed by atoms with Crippen LogP contribution < -0.4 is 19.3 Å². The number of methoxy groups -OCH3 is 1. The minimum Gasteiger partial charge on any atom is -0.494 e. The van der Waals surface area contributed by atoms with Gasteiger partial charge in [0, 0.05) is 38.8 Å². The van der Waals surface area contributed by atoms with Crippen molar-refractivity contribution in [2.45, 2.75) is 25.3 Å². The number of ether oxygens (including phenoxy) is 2. The number of hydrogen-bond donors (Lipinski definition) is 2. The highest BCUT2D eigenvalue weighted by Gasteiger charge is 2.31. The highest BCUT2D eigenvalue weighted by Crippen LogP contribution is 2.33. The molecule has 1 aromatic carbocycles. The number of alkyl halides is 2. The van der Waals surface area contributed by atoms with Crippen molar-refractivity contribution in [3.8, 4) is 11.7 Å². The summed E-state index contributed by atoms with van der Waals surface area (Å²) in [6.07, 6.45) is -1.28. The lowest BCUT2D eigenvalue weighted by Gasteiger charge is -2.39. The zero-order valence-electron chi connectivity index (χ0n) is 23.2. The molecule has 4 heterocycles. The number of hydrogen-bond acceptors (Lipinski definition) is 10. The van der Waals surface area contributed by atoms with Gasteiger partial charge in [-0.2, -0.15) is 15.0 Å². The summed E-state index contributed by atoms with van der Waals surface area (Å²) in [6.45, 7) is 3.78. The van der Waals surface area contributed by atoms with E-state index in [0.717, 1.165) is 12.8 Å². The molecule has 2 saturated heterocycles. The van der Waals surface area contributed by atoms with Crippen LogP contribution in [0.25, 0.3) is 17.0 Å². The summed E-state index contributed by atoms with van der Waals surface area (Å²) in [4.78, 5) is 24.4. The van der Waals surface area contributed by atoms with Crippen LogP contribution in [0.2, 0.25) is 0 Å². The van der Waals surface area contributed by atoms with Crippen molar-refractivity contribution < 1.29 is 27.0 Å². The SMILES string of the molecule is COc1cccc2c1nc(C(F)F)n2-c1nc(N2CCOCC2)nc(N2CCC(C(CNS(=O)O)N(C)C)CC2)n1. The van der Waals surface area contributed by atoms with Gasteiger partial charge in [-0.25, -0.2) is 22.7 Å². The second-order valence-electron chi connectivity index (χ2n) is 10.2. The van der Waals surface area contributed by atoms with E-state index in [2.05, 4.69) is 19.6 Å². The van der Waals surface area contributed by atoms with Gasteiger partial charge < -0.3 is 24.2 Å². The number of benzene rings is 1. The lowest BCUT2D eigenvalue weighted by Crippen LogP contribution is -2.48. The molecule has 13 nitrogen and oxygen atoms in total. The van der Waals surface area contributed by atoms with Gasteiger partial charge in [0.1, 0.15) is 11.3 Å². The van der Waals surface area contributed by atoms with Crippen LogP contribution in [0, 0.1) is 5.92 Å². The molecule has 2 fully saturated rings. The number of rotatable bonds is 10. The second-order valence-corrected chi connectivity index (χ2v) is 11.0. The standard InChI is InChI=1S/C25H35F2N9O4S/c1-33(2)18(15-28-41(37)38)16-7-9-34(10-8-16)23-30-24(35-11-13-40-14-12-35)32-25(31-23)36-17-5-4-6-19(39-3)20(17)29-22(36)21(26)27/h4-6,16,18,21,28H,7-15H2,1-3H3,(H,37,38). The fourth-order valence-electron chi connectivity index (χ4n) is 5.51. The first-order valence-electron chi connectivity index (χ1n) is 13.4. The van der Waals surface area contributed by atoms with Crippen LogP contribution in [0.1, 0.15) is 25.1 Å². The number of nitrogens with one attached hydrogen (secondary N) is 1. The van der Waals surface area contributed by atoms with Crippen LogP contribution >= 0.6 is 0 Å². The molecule has 0 amide bonds. The Morgan fingerprint density at radius 3 is 2.29 bits per heavy atom. The Labute approximate surface area is 239 Å². The monoisotopic (exact) mass is 595 g/mol.